The minimum absolute atomic E-state index is 0.0213. The van der Waals surface area contributed by atoms with Crippen molar-refractivity contribution in [3.05, 3.63) is 0 Å². The van der Waals surface area contributed by atoms with Gasteiger partial charge in [-0.25, -0.2) is 0 Å². The van der Waals surface area contributed by atoms with Crippen molar-refractivity contribution in [1.29, 1.82) is 0 Å². The fourth-order valence-electron chi connectivity index (χ4n) is 6.57. The van der Waals surface area contributed by atoms with Gasteiger partial charge in [-0.05, 0) is 48.3 Å². The van der Waals surface area contributed by atoms with Crippen LogP contribution in [-0.4, -0.2) is 23.6 Å². The molecule has 2 heterocycles. The van der Waals surface area contributed by atoms with Crippen molar-refractivity contribution in [2.45, 2.75) is 80.4 Å². The fourth-order valence-corrected chi connectivity index (χ4v) is 6.57. The predicted octanol–water partition coefficient (Wildman–Crippen LogP) is 5.38. The van der Waals surface area contributed by atoms with E-state index in [4.69, 9.17) is 20.0 Å². The van der Waals surface area contributed by atoms with Crippen molar-refractivity contribution < 1.29 is 9.68 Å². The Balaban J connectivity index is 1.77. The van der Waals surface area contributed by atoms with E-state index in [0.717, 1.165) is 0 Å². The second-order valence-corrected chi connectivity index (χ2v) is 10.9. The van der Waals surface area contributed by atoms with E-state index < -0.39 is 0 Å². The highest BCUT2D eigenvalue weighted by Crippen LogP contribution is 2.62. The summed E-state index contributed by atoms with van der Waals surface area (Å²) in [6, 6.07) is 0. The van der Waals surface area contributed by atoms with E-state index in [1.54, 1.807) is 0 Å². The van der Waals surface area contributed by atoms with Crippen molar-refractivity contribution in [3.8, 4) is 0 Å². The second kappa shape index (κ2) is 6.49. The van der Waals surface area contributed by atoms with Crippen molar-refractivity contribution in [3.63, 3.8) is 0 Å². The lowest BCUT2D eigenvalue weighted by atomic mass is 9.77. The van der Waals surface area contributed by atoms with Crippen LogP contribution in [0.2, 0.25) is 0 Å². The zero-order valence-electron chi connectivity index (χ0n) is 18.4. The Hall–Kier alpha value is -1.06. The summed E-state index contributed by atoms with van der Waals surface area (Å²) in [4.78, 5) is 12.1. The van der Waals surface area contributed by atoms with Gasteiger partial charge in [0.25, 0.3) is 0 Å². The molecule has 2 aliphatic carbocycles. The maximum Gasteiger partial charge on any atom is 0.138 e. The summed E-state index contributed by atoms with van der Waals surface area (Å²) in [6.07, 6.45) is 2.78. The molecule has 0 aromatic heterocycles. The van der Waals surface area contributed by atoms with Crippen LogP contribution in [0, 0.1) is 52.8 Å². The lowest BCUT2D eigenvalue weighted by Crippen LogP contribution is -2.37. The molecule has 0 aromatic carbocycles. The average Bonchev–Trinajstić information content (AvgIpc) is 3.29. The molecule has 2 fully saturated rings. The molecule has 0 bridgehead atoms. The third-order valence-corrected chi connectivity index (χ3v) is 7.98. The van der Waals surface area contributed by atoms with E-state index in [2.05, 4.69) is 55.4 Å². The van der Waals surface area contributed by atoms with E-state index in [1.807, 2.05) is 0 Å². The number of nitrogens with zero attached hydrogens (tertiary/aromatic N) is 2. The Morgan fingerprint density at radius 1 is 0.667 bits per heavy atom. The molecule has 152 valence electrons. The largest absolute Gasteiger partial charge is 0.392 e. The molecule has 6 atom stereocenters. The first-order valence-electron chi connectivity index (χ1n) is 11.2. The van der Waals surface area contributed by atoms with Gasteiger partial charge < -0.3 is 9.68 Å². The minimum Gasteiger partial charge on any atom is -0.392 e. The molecule has 0 N–H and O–H groups in total. The van der Waals surface area contributed by atoms with Gasteiger partial charge in [0.1, 0.15) is 12.2 Å². The lowest BCUT2D eigenvalue weighted by Gasteiger charge is -2.27. The van der Waals surface area contributed by atoms with Gasteiger partial charge in [-0.2, -0.15) is 0 Å². The first kappa shape index (κ1) is 19.3. The van der Waals surface area contributed by atoms with E-state index in [-0.39, 0.29) is 17.6 Å². The topological polar surface area (TPSA) is 43.2 Å². The highest BCUT2D eigenvalue weighted by atomic mass is 16.7. The molecule has 27 heavy (non-hydrogen) atoms. The molecule has 4 nitrogen and oxygen atoms in total. The number of hydrogen-bond donors (Lipinski definition) is 0. The number of oxime groups is 2. The molecule has 0 amide bonds. The quantitative estimate of drug-likeness (QED) is 0.663. The zero-order valence-corrected chi connectivity index (χ0v) is 18.4. The molecule has 1 spiro atoms. The molecule has 4 rings (SSSR count). The SMILES string of the molecule is CC(C)C1CC2(CC(C(C)C)[C@H]3C2=NOC3C(C)C)C2=NOC(C(C)C)[C@H]21. The highest BCUT2D eigenvalue weighted by molar-refractivity contribution is 6.17. The Bertz CT molecular complexity index is 593. The van der Waals surface area contributed by atoms with Gasteiger partial charge in [-0.15, -0.1) is 0 Å². The van der Waals surface area contributed by atoms with Gasteiger partial charge >= 0.3 is 0 Å². The molecule has 0 aromatic rings. The summed E-state index contributed by atoms with van der Waals surface area (Å²) in [6.45, 7) is 18.5. The number of fused-ring (bicyclic) bond motifs is 4. The normalized spacial score (nSPS) is 42.8. The zero-order chi connectivity index (χ0) is 19.7. The molecular formula is C23H38N2O2. The molecule has 4 unspecified atom stereocenters. The summed E-state index contributed by atoms with van der Waals surface area (Å²) in [5, 5.41) is 9.55. The van der Waals surface area contributed by atoms with E-state index in [9.17, 15) is 0 Å². The molecular weight excluding hydrogens is 336 g/mol. The Labute approximate surface area is 165 Å². The lowest BCUT2D eigenvalue weighted by molar-refractivity contribution is 0.00371. The molecule has 2 aliphatic heterocycles. The fraction of sp³-hybridized carbons (Fsp3) is 0.913. The van der Waals surface area contributed by atoms with Crippen LogP contribution in [0.4, 0.5) is 0 Å². The van der Waals surface area contributed by atoms with Crippen LogP contribution in [0.5, 0.6) is 0 Å². The van der Waals surface area contributed by atoms with Gasteiger partial charge in [0.05, 0.1) is 16.8 Å². The van der Waals surface area contributed by atoms with Crippen LogP contribution < -0.4 is 0 Å². The van der Waals surface area contributed by atoms with Gasteiger partial charge in [-0.1, -0.05) is 65.7 Å². The minimum atomic E-state index is -0.0213. The van der Waals surface area contributed by atoms with Crippen molar-refractivity contribution in [2.75, 3.05) is 0 Å². The Morgan fingerprint density at radius 2 is 1.04 bits per heavy atom. The molecule has 4 heteroatoms. The summed E-state index contributed by atoms with van der Waals surface area (Å²) in [7, 11) is 0. The average molecular weight is 375 g/mol. The Morgan fingerprint density at radius 3 is 1.33 bits per heavy atom. The van der Waals surface area contributed by atoms with Crippen LogP contribution >= 0.6 is 0 Å². The molecule has 0 saturated heterocycles. The van der Waals surface area contributed by atoms with Crippen LogP contribution in [0.25, 0.3) is 0 Å². The van der Waals surface area contributed by atoms with E-state index in [1.165, 1.54) is 24.3 Å². The summed E-state index contributed by atoms with van der Waals surface area (Å²) in [5.41, 5.74) is 2.59. The first-order valence-corrected chi connectivity index (χ1v) is 11.2. The standard InChI is InChI=1S/C23H38N2O2/c1-11(2)15-9-23(21-17(15)19(13(5)6)26-24-21)10-16(12(3)4)18-20(14(7)8)27-25-22(18)23/h11-20H,9-10H2,1-8H3/t15?,16?,17-,18-,19?,20?,23?/m1/s1. The summed E-state index contributed by atoms with van der Waals surface area (Å²) >= 11 is 0. The van der Waals surface area contributed by atoms with Gasteiger partial charge in [0, 0.05) is 11.8 Å². The first-order chi connectivity index (χ1) is 12.7. The van der Waals surface area contributed by atoms with E-state index in [0.29, 0.717) is 47.3 Å². The monoisotopic (exact) mass is 374 g/mol. The third-order valence-electron chi connectivity index (χ3n) is 7.98. The predicted molar refractivity (Wildman–Crippen MR) is 110 cm³/mol. The van der Waals surface area contributed by atoms with Crippen LogP contribution in [0.1, 0.15) is 68.2 Å². The molecule has 2 saturated carbocycles. The summed E-state index contributed by atoms with van der Waals surface area (Å²) in [5.74, 6) is 4.34. The van der Waals surface area contributed by atoms with Crippen molar-refractivity contribution in [1.82, 2.24) is 0 Å². The van der Waals surface area contributed by atoms with Crippen molar-refractivity contribution in [2.24, 2.45) is 63.1 Å². The van der Waals surface area contributed by atoms with Crippen LogP contribution in [0.15, 0.2) is 10.3 Å². The van der Waals surface area contributed by atoms with Gasteiger partial charge in [-0.3, -0.25) is 0 Å². The van der Waals surface area contributed by atoms with Gasteiger partial charge in [0.2, 0.25) is 0 Å². The highest BCUT2D eigenvalue weighted by Gasteiger charge is 2.68. The third kappa shape index (κ3) is 2.61. The molecule has 0 radical (unpaired) electrons. The van der Waals surface area contributed by atoms with Crippen molar-refractivity contribution >= 4 is 11.4 Å². The van der Waals surface area contributed by atoms with Gasteiger partial charge in [0.15, 0.2) is 0 Å². The summed E-state index contributed by atoms with van der Waals surface area (Å²) < 4.78 is 0. The smallest absolute Gasteiger partial charge is 0.138 e. The van der Waals surface area contributed by atoms with Crippen LogP contribution in [-0.2, 0) is 9.68 Å². The number of hydrogen-bond acceptors (Lipinski definition) is 4. The van der Waals surface area contributed by atoms with Crippen LogP contribution in [0.3, 0.4) is 0 Å². The maximum absolute atomic E-state index is 6.06. The number of rotatable bonds is 4. The molecule has 4 aliphatic rings. The maximum atomic E-state index is 6.06. The van der Waals surface area contributed by atoms with E-state index >= 15 is 0 Å². The second-order valence-electron chi connectivity index (χ2n) is 10.9. The Kier molecular flexibility index (Phi) is 4.63.